The number of halogens is 1. The fraction of sp³-hybridized carbons (Fsp3) is 0. The summed E-state index contributed by atoms with van der Waals surface area (Å²) in [6.07, 6.45) is 0. The maximum absolute atomic E-state index is 8.63. The molecule has 1 nitrogen and oxygen atoms in total. The molecule has 0 aromatic heterocycles. The molecule has 1 N–H and O–H groups in total. The highest BCUT2D eigenvalue weighted by Crippen LogP contribution is 2.18. The molecule has 18 heavy (non-hydrogen) atoms. The molecule has 0 aliphatic heterocycles. The average Bonchev–Trinajstić information content (AvgIpc) is 2.40. The van der Waals surface area contributed by atoms with Crippen LogP contribution in [0.1, 0.15) is 0 Å². The Morgan fingerprint density at radius 3 is 1.89 bits per heavy atom. The number of hydrogen-bond donors (Lipinski definition) is 1. The molecule has 3 aromatic carbocycles. The molecule has 0 bridgehead atoms. The number of hydrogen-bond acceptors (Lipinski definition) is 1. The summed E-state index contributed by atoms with van der Waals surface area (Å²) < 4.78 is 0. The largest absolute Gasteiger partial charge is 0.508 e. The second-order valence-electron chi connectivity index (χ2n) is 3.83. The van der Waals surface area contributed by atoms with Crippen LogP contribution in [0.2, 0.25) is 5.02 Å². The molecule has 0 saturated heterocycles. The van der Waals surface area contributed by atoms with Crippen LogP contribution < -0.4 is 0 Å². The average molecular weight is 257 g/mol. The van der Waals surface area contributed by atoms with Gasteiger partial charge < -0.3 is 5.11 Å². The van der Waals surface area contributed by atoms with E-state index in [-0.39, 0.29) is 0 Å². The third-order valence-electron chi connectivity index (χ3n) is 2.47. The van der Waals surface area contributed by atoms with Crippen LogP contribution in [0.15, 0.2) is 72.8 Å². The van der Waals surface area contributed by atoms with Crippen molar-refractivity contribution in [3.05, 3.63) is 77.8 Å². The fourth-order valence-electron chi connectivity index (χ4n) is 1.59. The normalized spacial score (nSPS) is 9.61. The summed E-state index contributed by atoms with van der Waals surface area (Å²) in [6.45, 7) is 0. The second kappa shape index (κ2) is 6.08. The fourth-order valence-corrected chi connectivity index (χ4v) is 1.77. The van der Waals surface area contributed by atoms with E-state index in [9.17, 15) is 0 Å². The minimum Gasteiger partial charge on any atom is -0.508 e. The minimum absolute atomic E-state index is 0.322. The Hall–Kier alpha value is -1.99. The third-order valence-corrected chi connectivity index (χ3v) is 2.70. The van der Waals surface area contributed by atoms with Gasteiger partial charge >= 0.3 is 0 Å². The Labute approximate surface area is 111 Å². The van der Waals surface area contributed by atoms with Crippen LogP contribution in [0.4, 0.5) is 0 Å². The van der Waals surface area contributed by atoms with E-state index in [1.54, 1.807) is 24.3 Å². The van der Waals surface area contributed by atoms with Crippen LogP contribution >= 0.6 is 11.6 Å². The molecule has 0 aliphatic carbocycles. The zero-order valence-electron chi connectivity index (χ0n) is 9.75. The van der Waals surface area contributed by atoms with Crippen molar-refractivity contribution in [1.82, 2.24) is 0 Å². The van der Waals surface area contributed by atoms with Crippen molar-refractivity contribution in [2.75, 3.05) is 0 Å². The molecule has 90 valence electrons. The first kappa shape index (κ1) is 12.5. The number of aromatic hydroxyl groups is 1. The summed E-state index contributed by atoms with van der Waals surface area (Å²) in [6, 6.07) is 22.8. The van der Waals surface area contributed by atoms with Crippen LogP contribution in [-0.4, -0.2) is 5.11 Å². The summed E-state index contributed by atoms with van der Waals surface area (Å²) in [5.74, 6) is 0.322. The highest BCUT2D eigenvalue weighted by molar-refractivity contribution is 6.31. The van der Waals surface area contributed by atoms with E-state index in [1.807, 2.05) is 36.4 Å². The van der Waals surface area contributed by atoms with Gasteiger partial charge in [0.25, 0.3) is 0 Å². The molecule has 3 rings (SSSR count). The summed E-state index contributed by atoms with van der Waals surface area (Å²) in [5, 5.41) is 11.9. The van der Waals surface area contributed by atoms with E-state index in [2.05, 4.69) is 12.1 Å². The van der Waals surface area contributed by atoms with Crippen LogP contribution in [0, 0.1) is 0 Å². The van der Waals surface area contributed by atoms with Crippen molar-refractivity contribution in [3.63, 3.8) is 0 Å². The number of fused-ring (bicyclic) bond motifs is 1. The SMILES string of the molecule is Clc1ccc2ccccc2c1.Oc1ccccc1. The van der Waals surface area contributed by atoms with Gasteiger partial charge in [-0.1, -0.05) is 60.1 Å². The maximum atomic E-state index is 8.63. The molecule has 0 unspecified atom stereocenters. The standard InChI is InChI=1S/C10H7Cl.C6H6O/c11-10-6-5-8-3-1-2-4-9(8)7-10;7-6-4-2-1-3-5-6/h1-7H;1-5,7H. The zero-order valence-corrected chi connectivity index (χ0v) is 10.5. The van der Waals surface area contributed by atoms with Crippen molar-refractivity contribution >= 4 is 22.4 Å². The summed E-state index contributed by atoms with van der Waals surface area (Å²) in [4.78, 5) is 0. The summed E-state index contributed by atoms with van der Waals surface area (Å²) in [7, 11) is 0. The van der Waals surface area contributed by atoms with E-state index in [1.165, 1.54) is 10.8 Å². The molecule has 0 amide bonds. The Morgan fingerprint density at radius 1 is 0.667 bits per heavy atom. The summed E-state index contributed by atoms with van der Waals surface area (Å²) in [5.41, 5.74) is 0. The van der Waals surface area contributed by atoms with E-state index in [0.717, 1.165) is 5.02 Å². The van der Waals surface area contributed by atoms with E-state index in [4.69, 9.17) is 16.7 Å². The van der Waals surface area contributed by atoms with E-state index < -0.39 is 0 Å². The van der Waals surface area contributed by atoms with Crippen molar-refractivity contribution < 1.29 is 5.11 Å². The molecule has 0 spiro atoms. The molecular weight excluding hydrogens is 244 g/mol. The van der Waals surface area contributed by atoms with Gasteiger partial charge in [0.1, 0.15) is 5.75 Å². The second-order valence-corrected chi connectivity index (χ2v) is 4.26. The predicted octanol–water partition coefficient (Wildman–Crippen LogP) is 4.89. The van der Waals surface area contributed by atoms with E-state index >= 15 is 0 Å². The van der Waals surface area contributed by atoms with Crippen molar-refractivity contribution in [2.45, 2.75) is 0 Å². The first-order valence-corrected chi connectivity index (χ1v) is 6.02. The number of benzene rings is 3. The predicted molar refractivity (Wildman–Crippen MR) is 77.1 cm³/mol. The van der Waals surface area contributed by atoms with Gasteiger partial charge in [0.2, 0.25) is 0 Å². The number of phenols is 1. The zero-order chi connectivity index (χ0) is 12.8. The minimum atomic E-state index is 0.322. The first-order valence-electron chi connectivity index (χ1n) is 5.64. The molecule has 3 aromatic rings. The lowest BCUT2D eigenvalue weighted by Crippen LogP contribution is -1.69. The van der Waals surface area contributed by atoms with Gasteiger partial charge in [-0.05, 0) is 35.0 Å². The lowest BCUT2D eigenvalue weighted by atomic mass is 10.1. The molecular formula is C16H13ClO. The lowest BCUT2D eigenvalue weighted by Gasteiger charge is -1.95. The highest BCUT2D eigenvalue weighted by Gasteiger charge is 1.90. The van der Waals surface area contributed by atoms with Crippen LogP contribution in [0.5, 0.6) is 5.75 Å². The Kier molecular flexibility index (Phi) is 4.21. The third kappa shape index (κ3) is 3.51. The summed E-state index contributed by atoms with van der Waals surface area (Å²) >= 11 is 5.82. The number of phenolic OH excluding ortho intramolecular Hbond substituents is 1. The topological polar surface area (TPSA) is 20.2 Å². The Balaban J connectivity index is 0.000000149. The smallest absolute Gasteiger partial charge is 0.115 e. The van der Waals surface area contributed by atoms with Gasteiger partial charge in [-0.15, -0.1) is 0 Å². The van der Waals surface area contributed by atoms with E-state index in [0.29, 0.717) is 5.75 Å². The van der Waals surface area contributed by atoms with Crippen molar-refractivity contribution in [3.8, 4) is 5.75 Å². The lowest BCUT2D eigenvalue weighted by molar-refractivity contribution is 0.475. The van der Waals surface area contributed by atoms with Crippen molar-refractivity contribution in [2.24, 2.45) is 0 Å². The molecule has 0 heterocycles. The number of rotatable bonds is 0. The van der Waals surface area contributed by atoms with Gasteiger partial charge in [-0.25, -0.2) is 0 Å². The quantitative estimate of drug-likeness (QED) is 0.607. The Morgan fingerprint density at radius 2 is 1.28 bits per heavy atom. The van der Waals surface area contributed by atoms with Gasteiger partial charge in [-0.2, -0.15) is 0 Å². The van der Waals surface area contributed by atoms with Gasteiger partial charge in [-0.3, -0.25) is 0 Å². The Bertz CT molecular complexity index is 620. The molecule has 0 saturated carbocycles. The van der Waals surface area contributed by atoms with Crippen LogP contribution in [0.25, 0.3) is 10.8 Å². The number of para-hydroxylation sites is 1. The first-order chi connectivity index (χ1) is 8.75. The van der Waals surface area contributed by atoms with Gasteiger partial charge in [0.05, 0.1) is 0 Å². The molecule has 0 atom stereocenters. The van der Waals surface area contributed by atoms with Crippen LogP contribution in [0.3, 0.4) is 0 Å². The highest BCUT2D eigenvalue weighted by atomic mass is 35.5. The molecule has 0 radical (unpaired) electrons. The molecule has 2 heteroatoms. The van der Waals surface area contributed by atoms with Gasteiger partial charge in [0, 0.05) is 5.02 Å². The molecule has 0 aliphatic rings. The van der Waals surface area contributed by atoms with Gasteiger partial charge in [0.15, 0.2) is 0 Å². The maximum Gasteiger partial charge on any atom is 0.115 e. The van der Waals surface area contributed by atoms with Crippen LogP contribution in [-0.2, 0) is 0 Å². The monoisotopic (exact) mass is 256 g/mol. The molecule has 0 fully saturated rings. The van der Waals surface area contributed by atoms with Crippen molar-refractivity contribution in [1.29, 1.82) is 0 Å².